The number of sulfonamides is 1. The average Bonchev–Trinajstić information content (AvgIpc) is 3.06. The van der Waals surface area contributed by atoms with Crippen molar-refractivity contribution in [2.24, 2.45) is 5.92 Å². The van der Waals surface area contributed by atoms with Crippen LogP contribution in [-0.2, 0) is 27.5 Å². The molecule has 0 spiro atoms. The Labute approximate surface area is 287 Å². The van der Waals surface area contributed by atoms with E-state index >= 15 is 0 Å². The van der Waals surface area contributed by atoms with Crippen molar-refractivity contribution in [2.45, 2.75) is 75.9 Å². The number of nitrogens with zero attached hydrogens (tertiary/aromatic N) is 2. The molecule has 1 aliphatic heterocycles. The van der Waals surface area contributed by atoms with E-state index in [-0.39, 0.29) is 47.4 Å². The predicted molar refractivity (Wildman–Crippen MR) is 182 cm³/mol. The average molecular weight is 706 g/mol. The van der Waals surface area contributed by atoms with Gasteiger partial charge in [-0.15, -0.1) is 0 Å². The van der Waals surface area contributed by atoms with Crippen LogP contribution in [0.15, 0.2) is 77.7 Å². The number of rotatable bonds is 9. The van der Waals surface area contributed by atoms with Gasteiger partial charge in [0.25, 0.3) is 15.9 Å². The van der Waals surface area contributed by atoms with Gasteiger partial charge in [-0.2, -0.15) is 13.2 Å². The minimum atomic E-state index is -4.41. The highest BCUT2D eigenvalue weighted by molar-refractivity contribution is 7.92. The van der Waals surface area contributed by atoms with Gasteiger partial charge in [0.1, 0.15) is 5.75 Å². The zero-order valence-corrected chi connectivity index (χ0v) is 29.1. The summed E-state index contributed by atoms with van der Waals surface area (Å²) in [6.07, 6.45) is -2.76. The molecule has 13 heteroatoms. The summed E-state index contributed by atoms with van der Waals surface area (Å²) in [7, 11) is -2.07. The van der Waals surface area contributed by atoms with Gasteiger partial charge in [-0.1, -0.05) is 37.3 Å². The van der Waals surface area contributed by atoms with Gasteiger partial charge >= 0.3 is 6.18 Å². The molecule has 268 valence electrons. The van der Waals surface area contributed by atoms with E-state index in [1.54, 1.807) is 42.2 Å². The maximum atomic E-state index is 14.3. The molecule has 0 saturated heterocycles. The number of benzene rings is 3. The number of hydrogen-bond acceptors (Lipinski definition) is 7. The standard InChI is InChI=1S/C36H46F3N3O6S/c1-25-21-42(26(2)24-43)35(44)32-20-30(40-49(45,46)31-11-6-5-7-12-31)17-18-33(32)48-27(3)10-8-9-19-47-34(25)23-41(4)22-28-13-15-29(16-14-28)36(37,38)39/h5-7,11-18,20,25-27,34,40,43H,8-10,19,21-24H2,1-4H3/t25-,26+,27+,34-/m1/s1. The molecule has 0 unspecified atom stereocenters. The van der Waals surface area contributed by atoms with E-state index in [1.165, 1.54) is 30.3 Å². The number of alkyl halides is 3. The van der Waals surface area contributed by atoms with Crippen LogP contribution in [0.4, 0.5) is 18.9 Å². The molecule has 1 heterocycles. The highest BCUT2D eigenvalue weighted by Gasteiger charge is 2.32. The molecule has 0 aliphatic carbocycles. The van der Waals surface area contributed by atoms with Crippen LogP contribution in [0, 0.1) is 5.92 Å². The summed E-state index contributed by atoms with van der Waals surface area (Å²) in [6.45, 7) is 6.79. The molecule has 2 N–H and O–H groups in total. The summed E-state index contributed by atoms with van der Waals surface area (Å²) in [4.78, 5) is 17.9. The maximum absolute atomic E-state index is 14.3. The Bertz CT molecular complexity index is 1620. The van der Waals surface area contributed by atoms with Gasteiger partial charge in [-0.25, -0.2) is 8.42 Å². The molecule has 3 aromatic carbocycles. The Kier molecular flexibility index (Phi) is 13.1. The van der Waals surface area contributed by atoms with Crippen LogP contribution in [0.5, 0.6) is 5.75 Å². The summed E-state index contributed by atoms with van der Waals surface area (Å²) in [5.41, 5.74) is 0.358. The SMILES string of the molecule is C[C@@H]1CN([C@@H](C)CO)C(=O)c2cc(NS(=O)(=O)c3ccccc3)ccc2O[C@@H](C)CCCCO[C@@H]1CN(C)Cc1ccc(C(F)(F)F)cc1. The molecule has 0 fully saturated rings. The van der Waals surface area contributed by atoms with Crippen LogP contribution in [-0.4, -0.2) is 80.8 Å². The second-order valence-electron chi connectivity index (χ2n) is 12.8. The van der Waals surface area contributed by atoms with Gasteiger partial charge in [-0.3, -0.25) is 14.4 Å². The number of aliphatic hydroxyl groups excluding tert-OH is 1. The lowest BCUT2D eigenvalue weighted by Gasteiger charge is -2.36. The molecular formula is C36H46F3N3O6S. The Morgan fingerprint density at radius 2 is 1.73 bits per heavy atom. The monoisotopic (exact) mass is 705 g/mol. The van der Waals surface area contributed by atoms with Crippen molar-refractivity contribution in [3.8, 4) is 5.75 Å². The van der Waals surface area contributed by atoms with Gasteiger partial charge in [0.2, 0.25) is 0 Å². The van der Waals surface area contributed by atoms with Crippen LogP contribution >= 0.6 is 0 Å². The van der Waals surface area contributed by atoms with Crippen LogP contribution in [0.2, 0.25) is 0 Å². The zero-order valence-electron chi connectivity index (χ0n) is 28.3. The second-order valence-corrected chi connectivity index (χ2v) is 14.5. The smallest absolute Gasteiger partial charge is 0.416 e. The third kappa shape index (κ3) is 10.7. The van der Waals surface area contributed by atoms with E-state index in [0.29, 0.717) is 31.9 Å². The van der Waals surface area contributed by atoms with Gasteiger partial charge in [0.15, 0.2) is 0 Å². The number of anilines is 1. The summed E-state index contributed by atoms with van der Waals surface area (Å²) in [5.74, 6) is -0.353. The first-order valence-electron chi connectivity index (χ1n) is 16.4. The molecular weight excluding hydrogens is 659 g/mol. The van der Waals surface area contributed by atoms with Gasteiger partial charge in [0, 0.05) is 37.8 Å². The zero-order chi connectivity index (χ0) is 35.8. The van der Waals surface area contributed by atoms with Crippen LogP contribution in [0.25, 0.3) is 0 Å². The highest BCUT2D eigenvalue weighted by Crippen LogP contribution is 2.31. The Hall–Kier alpha value is -3.65. The van der Waals surface area contributed by atoms with Crippen molar-refractivity contribution in [1.82, 2.24) is 9.80 Å². The molecule has 1 aliphatic rings. The topological polar surface area (TPSA) is 108 Å². The lowest BCUT2D eigenvalue weighted by atomic mass is 10.0. The first-order valence-corrected chi connectivity index (χ1v) is 17.9. The van der Waals surface area contributed by atoms with Crippen LogP contribution < -0.4 is 9.46 Å². The fraction of sp³-hybridized carbons (Fsp3) is 0.472. The molecule has 3 aromatic rings. The molecule has 4 rings (SSSR count). The predicted octanol–water partition coefficient (Wildman–Crippen LogP) is 6.43. The molecule has 0 saturated carbocycles. The van der Waals surface area contributed by atoms with Crippen LogP contribution in [0.3, 0.4) is 0 Å². The number of nitrogens with one attached hydrogen (secondary N) is 1. The summed E-state index contributed by atoms with van der Waals surface area (Å²) in [5, 5.41) is 10.2. The quantitative estimate of drug-likeness (QED) is 0.264. The number of hydrogen-bond donors (Lipinski definition) is 2. The van der Waals surface area contributed by atoms with Crippen molar-refractivity contribution in [2.75, 3.05) is 38.1 Å². The minimum Gasteiger partial charge on any atom is -0.490 e. The largest absolute Gasteiger partial charge is 0.490 e. The van der Waals surface area contributed by atoms with E-state index in [1.807, 2.05) is 25.8 Å². The highest BCUT2D eigenvalue weighted by atomic mass is 32.2. The number of aliphatic hydroxyl groups is 1. The number of carbonyl (C=O) groups excluding carboxylic acids is 1. The van der Waals surface area contributed by atoms with E-state index in [4.69, 9.17) is 9.47 Å². The summed E-state index contributed by atoms with van der Waals surface area (Å²) < 4.78 is 80.6. The third-order valence-corrected chi connectivity index (χ3v) is 9.98. The third-order valence-electron chi connectivity index (χ3n) is 8.58. The number of likely N-dealkylation sites (N-methyl/N-ethyl adjacent to an activating group) is 1. The van der Waals surface area contributed by atoms with E-state index in [0.717, 1.165) is 30.5 Å². The van der Waals surface area contributed by atoms with Gasteiger partial charge < -0.3 is 19.5 Å². The number of ether oxygens (including phenoxy) is 2. The lowest BCUT2D eigenvalue weighted by molar-refractivity contribution is -0.137. The minimum absolute atomic E-state index is 0.0740. The Morgan fingerprint density at radius 3 is 2.39 bits per heavy atom. The fourth-order valence-electron chi connectivity index (χ4n) is 5.74. The van der Waals surface area contributed by atoms with E-state index in [2.05, 4.69) is 4.72 Å². The lowest BCUT2D eigenvalue weighted by Crippen LogP contribution is -2.47. The van der Waals surface area contributed by atoms with E-state index in [9.17, 15) is 31.5 Å². The van der Waals surface area contributed by atoms with Crippen molar-refractivity contribution in [1.29, 1.82) is 0 Å². The number of fused-ring (bicyclic) bond motifs is 1. The van der Waals surface area contributed by atoms with Gasteiger partial charge in [-0.05, 0) is 88.2 Å². The number of halogens is 3. The first-order chi connectivity index (χ1) is 23.2. The molecule has 49 heavy (non-hydrogen) atoms. The van der Waals surface area contributed by atoms with Crippen molar-refractivity contribution < 1.29 is 41.0 Å². The second kappa shape index (κ2) is 16.8. The van der Waals surface area contributed by atoms with E-state index < -0.39 is 33.7 Å². The Morgan fingerprint density at radius 1 is 1.04 bits per heavy atom. The van der Waals surface area contributed by atoms with Crippen molar-refractivity contribution >= 4 is 21.6 Å². The molecule has 0 bridgehead atoms. The number of amides is 1. The number of carbonyl (C=O) groups is 1. The maximum Gasteiger partial charge on any atom is 0.416 e. The van der Waals surface area contributed by atoms with Crippen molar-refractivity contribution in [3.05, 3.63) is 89.5 Å². The fourth-order valence-corrected chi connectivity index (χ4v) is 6.82. The van der Waals surface area contributed by atoms with Gasteiger partial charge in [0.05, 0.1) is 40.9 Å². The molecule has 1 amide bonds. The Balaban J connectivity index is 1.60. The van der Waals surface area contributed by atoms with Crippen molar-refractivity contribution in [3.63, 3.8) is 0 Å². The normalized spacial score (nSPS) is 20.6. The summed E-state index contributed by atoms with van der Waals surface area (Å²) >= 11 is 0. The molecule has 0 radical (unpaired) electrons. The molecule has 0 aromatic heterocycles. The molecule has 9 nitrogen and oxygen atoms in total. The van der Waals surface area contributed by atoms with Crippen LogP contribution in [0.1, 0.15) is 61.5 Å². The summed E-state index contributed by atoms with van der Waals surface area (Å²) in [6, 6.07) is 17.0. The molecule has 4 atom stereocenters. The first kappa shape index (κ1) is 38.2.